The lowest BCUT2D eigenvalue weighted by Crippen LogP contribution is -1.92. The SMILES string of the molecule is C/C=C1/N=C(CC)C(C)=C1C. The van der Waals surface area contributed by atoms with Gasteiger partial charge in [-0.3, -0.25) is 4.99 Å². The zero-order valence-corrected chi connectivity index (χ0v) is 7.73. The number of rotatable bonds is 1. The first-order valence-electron chi connectivity index (χ1n) is 4.12. The molecule has 0 aromatic heterocycles. The van der Waals surface area contributed by atoms with Crippen molar-refractivity contribution in [1.82, 2.24) is 0 Å². The third-order valence-corrected chi connectivity index (χ3v) is 2.24. The molecule has 0 saturated heterocycles. The summed E-state index contributed by atoms with van der Waals surface area (Å²) in [5, 5.41) is 0. The molecule has 0 spiro atoms. The molecule has 1 aliphatic heterocycles. The fourth-order valence-electron chi connectivity index (χ4n) is 1.35. The van der Waals surface area contributed by atoms with E-state index >= 15 is 0 Å². The van der Waals surface area contributed by atoms with Crippen molar-refractivity contribution in [2.24, 2.45) is 4.99 Å². The third-order valence-electron chi connectivity index (χ3n) is 2.24. The molecule has 0 unspecified atom stereocenters. The zero-order valence-electron chi connectivity index (χ0n) is 7.73. The van der Waals surface area contributed by atoms with Crippen molar-refractivity contribution >= 4 is 5.71 Å². The Morgan fingerprint density at radius 1 is 1.27 bits per heavy atom. The van der Waals surface area contributed by atoms with Crippen molar-refractivity contribution in [3.63, 3.8) is 0 Å². The van der Waals surface area contributed by atoms with Crippen LogP contribution in [-0.4, -0.2) is 5.71 Å². The second kappa shape index (κ2) is 3.04. The number of aliphatic imine (C=N–C) groups is 1. The van der Waals surface area contributed by atoms with E-state index < -0.39 is 0 Å². The fourth-order valence-corrected chi connectivity index (χ4v) is 1.35. The predicted molar refractivity (Wildman–Crippen MR) is 49.9 cm³/mol. The summed E-state index contributed by atoms with van der Waals surface area (Å²) in [4.78, 5) is 4.49. The van der Waals surface area contributed by atoms with Crippen LogP contribution in [0.5, 0.6) is 0 Å². The first kappa shape index (κ1) is 8.25. The first-order chi connectivity index (χ1) is 5.20. The second-order valence-corrected chi connectivity index (χ2v) is 2.84. The van der Waals surface area contributed by atoms with Gasteiger partial charge in [0, 0.05) is 5.71 Å². The van der Waals surface area contributed by atoms with E-state index in [4.69, 9.17) is 0 Å². The highest BCUT2D eigenvalue weighted by molar-refractivity contribution is 6.04. The summed E-state index contributed by atoms with van der Waals surface area (Å²) in [5.74, 6) is 0. The quantitative estimate of drug-likeness (QED) is 0.543. The van der Waals surface area contributed by atoms with Gasteiger partial charge >= 0.3 is 0 Å². The van der Waals surface area contributed by atoms with Gasteiger partial charge < -0.3 is 0 Å². The highest BCUT2D eigenvalue weighted by atomic mass is 14.8. The first-order valence-corrected chi connectivity index (χ1v) is 4.12. The van der Waals surface area contributed by atoms with Gasteiger partial charge in [-0.25, -0.2) is 0 Å². The van der Waals surface area contributed by atoms with Gasteiger partial charge in [-0.1, -0.05) is 13.0 Å². The lowest BCUT2D eigenvalue weighted by atomic mass is 10.1. The van der Waals surface area contributed by atoms with E-state index in [1.54, 1.807) is 0 Å². The maximum atomic E-state index is 4.49. The van der Waals surface area contributed by atoms with Gasteiger partial charge in [0.05, 0.1) is 5.70 Å². The molecule has 0 N–H and O–H groups in total. The van der Waals surface area contributed by atoms with Crippen LogP contribution >= 0.6 is 0 Å². The molecule has 0 aliphatic carbocycles. The number of hydrogen-bond donors (Lipinski definition) is 0. The van der Waals surface area contributed by atoms with Crippen LogP contribution in [0.4, 0.5) is 0 Å². The summed E-state index contributed by atoms with van der Waals surface area (Å²) in [6.45, 7) is 8.47. The topological polar surface area (TPSA) is 12.4 Å². The van der Waals surface area contributed by atoms with Gasteiger partial charge in [0.2, 0.25) is 0 Å². The molecule has 0 aromatic carbocycles. The van der Waals surface area contributed by atoms with Crippen LogP contribution in [0.2, 0.25) is 0 Å². The van der Waals surface area contributed by atoms with Crippen LogP contribution < -0.4 is 0 Å². The predicted octanol–water partition coefficient (Wildman–Crippen LogP) is 3.09. The Morgan fingerprint density at radius 3 is 2.18 bits per heavy atom. The Labute approximate surface area is 68.5 Å². The van der Waals surface area contributed by atoms with E-state index in [2.05, 4.69) is 31.8 Å². The fraction of sp³-hybridized carbons (Fsp3) is 0.500. The minimum atomic E-state index is 1.04. The van der Waals surface area contributed by atoms with E-state index in [1.807, 2.05) is 6.92 Å². The summed E-state index contributed by atoms with van der Waals surface area (Å²) >= 11 is 0. The molecule has 0 amide bonds. The molecule has 0 atom stereocenters. The van der Waals surface area contributed by atoms with Crippen LogP contribution in [0.25, 0.3) is 0 Å². The third kappa shape index (κ3) is 1.28. The summed E-state index contributed by atoms with van der Waals surface area (Å²) < 4.78 is 0. The summed E-state index contributed by atoms with van der Waals surface area (Å²) in [6.07, 6.45) is 3.11. The minimum Gasteiger partial charge on any atom is -0.253 e. The second-order valence-electron chi connectivity index (χ2n) is 2.84. The molecule has 1 aliphatic rings. The molecule has 0 radical (unpaired) electrons. The van der Waals surface area contributed by atoms with Gasteiger partial charge in [0.1, 0.15) is 0 Å². The van der Waals surface area contributed by atoms with Crippen LogP contribution in [0.1, 0.15) is 34.1 Å². The van der Waals surface area contributed by atoms with E-state index in [1.165, 1.54) is 16.9 Å². The molecule has 1 rings (SSSR count). The number of nitrogens with zero attached hydrogens (tertiary/aromatic N) is 1. The van der Waals surface area contributed by atoms with E-state index in [0.717, 1.165) is 12.1 Å². The summed E-state index contributed by atoms with van der Waals surface area (Å²) in [6, 6.07) is 0. The Bertz CT molecular complexity index is 254. The molecule has 0 aromatic rings. The van der Waals surface area contributed by atoms with Gasteiger partial charge in [-0.05, 0) is 38.3 Å². The maximum Gasteiger partial charge on any atom is 0.0622 e. The van der Waals surface area contributed by atoms with E-state index in [-0.39, 0.29) is 0 Å². The van der Waals surface area contributed by atoms with E-state index in [0.29, 0.717) is 0 Å². The number of hydrogen-bond acceptors (Lipinski definition) is 1. The molecule has 60 valence electrons. The monoisotopic (exact) mass is 149 g/mol. The van der Waals surface area contributed by atoms with Gasteiger partial charge in [-0.2, -0.15) is 0 Å². The lowest BCUT2D eigenvalue weighted by Gasteiger charge is -1.95. The van der Waals surface area contributed by atoms with Crippen molar-refractivity contribution in [3.05, 3.63) is 22.9 Å². The van der Waals surface area contributed by atoms with Crippen molar-refractivity contribution < 1.29 is 0 Å². The zero-order chi connectivity index (χ0) is 8.43. The van der Waals surface area contributed by atoms with Crippen LogP contribution in [-0.2, 0) is 0 Å². The Hall–Kier alpha value is -0.850. The molecular formula is C10H15N. The molecule has 11 heavy (non-hydrogen) atoms. The highest BCUT2D eigenvalue weighted by Gasteiger charge is 2.13. The lowest BCUT2D eigenvalue weighted by molar-refractivity contribution is 1.26. The molecule has 0 saturated carbocycles. The molecular weight excluding hydrogens is 134 g/mol. The van der Waals surface area contributed by atoms with Crippen molar-refractivity contribution in [2.45, 2.75) is 34.1 Å². The standard InChI is InChI=1S/C10H15N/c1-5-9-7(3)8(4)10(6-2)11-9/h5H,6H2,1-4H3/b9-5+. The Morgan fingerprint density at radius 2 is 1.91 bits per heavy atom. The van der Waals surface area contributed by atoms with Crippen LogP contribution in [0.15, 0.2) is 27.9 Å². The molecule has 0 fully saturated rings. The minimum absolute atomic E-state index is 1.04. The van der Waals surface area contributed by atoms with Crippen molar-refractivity contribution in [3.8, 4) is 0 Å². The average Bonchev–Trinajstić information content (AvgIpc) is 2.30. The molecule has 1 heterocycles. The summed E-state index contributed by atoms with van der Waals surface area (Å²) in [5.41, 5.74) is 5.10. The van der Waals surface area contributed by atoms with Crippen molar-refractivity contribution in [2.75, 3.05) is 0 Å². The van der Waals surface area contributed by atoms with Crippen LogP contribution in [0, 0.1) is 0 Å². The smallest absolute Gasteiger partial charge is 0.0622 e. The van der Waals surface area contributed by atoms with Crippen molar-refractivity contribution in [1.29, 1.82) is 0 Å². The Balaban J connectivity index is 3.06. The number of allylic oxidation sites excluding steroid dienone is 3. The molecule has 1 heteroatoms. The highest BCUT2D eigenvalue weighted by Crippen LogP contribution is 2.25. The largest absolute Gasteiger partial charge is 0.253 e. The van der Waals surface area contributed by atoms with Gasteiger partial charge in [0.25, 0.3) is 0 Å². The Kier molecular flexibility index (Phi) is 2.28. The maximum absolute atomic E-state index is 4.49. The molecule has 0 bridgehead atoms. The van der Waals surface area contributed by atoms with Gasteiger partial charge in [0.15, 0.2) is 0 Å². The van der Waals surface area contributed by atoms with Gasteiger partial charge in [-0.15, -0.1) is 0 Å². The average molecular weight is 149 g/mol. The summed E-state index contributed by atoms with van der Waals surface area (Å²) in [7, 11) is 0. The molecule has 1 nitrogen and oxygen atoms in total. The van der Waals surface area contributed by atoms with E-state index in [9.17, 15) is 0 Å². The normalized spacial score (nSPS) is 21.5. The van der Waals surface area contributed by atoms with Crippen LogP contribution in [0.3, 0.4) is 0 Å².